The van der Waals surface area contributed by atoms with E-state index in [9.17, 15) is 9.59 Å². The Balaban J connectivity index is 1.67. The molecular formula is C21H25N3O4S2. The molecular weight excluding hydrogens is 422 g/mol. The normalized spacial score (nSPS) is 11.1. The van der Waals surface area contributed by atoms with Crippen LogP contribution in [0, 0.1) is 0 Å². The highest BCUT2D eigenvalue weighted by Gasteiger charge is 2.20. The lowest BCUT2D eigenvalue weighted by molar-refractivity contribution is -0.113. The van der Waals surface area contributed by atoms with Crippen molar-refractivity contribution in [2.45, 2.75) is 38.8 Å². The molecule has 0 radical (unpaired) electrons. The molecule has 0 unspecified atom stereocenters. The Morgan fingerprint density at radius 3 is 2.73 bits per heavy atom. The minimum atomic E-state index is -0.425. The van der Waals surface area contributed by atoms with Gasteiger partial charge < -0.3 is 19.8 Å². The van der Waals surface area contributed by atoms with Gasteiger partial charge in [0.1, 0.15) is 10.8 Å². The maximum atomic E-state index is 12.5. The molecule has 3 rings (SSSR count). The van der Waals surface area contributed by atoms with Gasteiger partial charge in [0.15, 0.2) is 5.16 Å². The summed E-state index contributed by atoms with van der Waals surface area (Å²) in [5, 5.41) is 4.02. The molecule has 1 amide bonds. The topological polar surface area (TPSA) is 93.3 Å². The number of thioether (sulfide) groups is 1. The number of amides is 1. The summed E-state index contributed by atoms with van der Waals surface area (Å²) >= 11 is 2.70. The zero-order chi connectivity index (χ0) is 21.7. The van der Waals surface area contributed by atoms with Gasteiger partial charge in [0, 0.05) is 10.9 Å². The van der Waals surface area contributed by atoms with E-state index in [1.54, 1.807) is 13.0 Å². The van der Waals surface area contributed by atoms with Crippen LogP contribution in [0.3, 0.4) is 0 Å². The highest BCUT2D eigenvalue weighted by Crippen LogP contribution is 2.33. The molecule has 2 heterocycles. The fourth-order valence-electron chi connectivity index (χ4n) is 2.73. The predicted molar refractivity (Wildman–Crippen MR) is 121 cm³/mol. The molecule has 0 aliphatic heterocycles. The molecule has 3 aromatic rings. The van der Waals surface area contributed by atoms with Crippen LogP contribution in [0.5, 0.6) is 5.75 Å². The molecule has 0 saturated heterocycles. The van der Waals surface area contributed by atoms with Crippen molar-refractivity contribution in [1.29, 1.82) is 0 Å². The Bertz CT molecular complexity index is 1040. The Kier molecular flexibility index (Phi) is 7.38. The number of ether oxygens (including phenoxy) is 2. The number of fused-ring (bicyclic) bond motifs is 1. The number of aromatic nitrogens is 2. The maximum absolute atomic E-state index is 12.5. The average Bonchev–Trinajstić information content (AvgIpc) is 3.30. The van der Waals surface area contributed by atoms with Crippen LogP contribution in [-0.4, -0.2) is 40.8 Å². The van der Waals surface area contributed by atoms with Crippen molar-refractivity contribution in [3.63, 3.8) is 0 Å². The number of nitrogens with zero attached hydrogens (tertiary/aromatic N) is 1. The number of H-pyrrole nitrogens is 1. The molecule has 2 aromatic heterocycles. The van der Waals surface area contributed by atoms with Crippen LogP contribution in [0.1, 0.15) is 48.8 Å². The van der Waals surface area contributed by atoms with E-state index in [-0.39, 0.29) is 24.2 Å². The number of carbonyl (C=O) groups excluding carboxylic acids is 2. The van der Waals surface area contributed by atoms with Gasteiger partial charge in [0.2, 0.25) is 5.91 Å². The Labute approximate surface area is 183 Å². The van der Waals surface area contributed by atoms with Gasteiger partial charge >= 0.3 is 5.97 Å². The first-order valence-corrected chi connectivity index (χ1v) is 11.6. The van der Waals surface area contributed by atoms with Gasteiger partial charge in [0.25, 0.3) is 0 Å². The molecule has 9 heteroatoms. The number of benzene rings is 1. The Morgan fingerprint density at radius 1 is 1.23 bits per heavy atom. The summed E-state index contributed by atoms with van der Waals surface area (Å²) in [6.45, 7) is 8.65. The molecule has 30 heavy (non-hydrogen) atoms. The van der Waals surface area contributed by atoms with Crippen molar-refractivity contribution in [2.75, 3.05) is 24.3 Å². The number of hydrogen-bond donors (Lipinski definition) is 2. The first kappa shape index (κ1) is 22.2. The van der Waals surface area contributed by atoms with Crippen LogP contribution < -0.4 is 10.1 Å². The van der Waals surface area contributed by atoms with Gasteiger partial charge in [-0.05, 0) is 38.0 Å². The highest BCUT2D eigenvalue weighted by atomic mass is 32.2. The third-order valence-corrected chi connectivity index (χ3v) is 6.38. The number of thiophene rings is 1. The molecule has 0 bridgehead atoms. The summed E-state index contributed by atoms with van der Waals surface area (Å²) in [5.74, 6) is 0.549. The van der Waals surface area contributed by atoms with E-state index in [1.807, 2.05) is 39.0 Å². The smallest absolute Gasteiger partial charge is 0.341 e. The molecule has 1 aromatic carbocycles. The number of esters is 1. The number of aromatic amines is 1. The zero-order valence-corrected chi connectivity index (χ0v) is 19.0. The number of anilines is 1. The van der Waals surface area contributed by atoms with Crippen LogP contribution in [0.4, 0.5) is 5.00 Å². The molecule has 0 fully saturated rings. The van der Waals surface area contributed by atoms with E-state index in [1.165, 1.54) is 23.1 Å². The zero-order valence-electron chi connectivity index (χ0n) is 17.4. The number of carbonyl (C=O) groups is 2. The van der Waals surface area contributed by atoms with E-state index < -0.39 is 5.97 Å². The molecule has 0 saturated carbocycles. The van der Waals surface area contributed by atoms with Crippen LogP contribution in [0.15, 0.2) is 29.4 Å². The first-order chi connectivity index (χ1) is 14.4. The maximum Gasteiger partial charge on any atom is 0.341 e. The lowest BCUT2D eigenvalue weighted by atomic mass is 10.1. The number of rotatable bonds is 9. The van der Waals surface area contributed by atoms with Crippen molar-refractivity contribution in [1.82, 2.24) is 9.97 Å². The van der Waals surface area contributed by atoms with Gasteiger partial charge in [-0.15, -0.1) is 11.3 Å². The molecule has 0 aliphatic rings. The molecule has 7 nitrogen and oxygen atoms in total. The van der Waals surface area contributed by atoms with Gasteiger partial charge in [-0.1, -0.05) is 25.6 Å². The van der Waals surface area contributed by atoms with E-state index in [0.29, 0.717) is 22.3 Å². The lowest BCUT2D eigenvalue weighted by Crippen LogP contribution is -2.16. The lowest BCUT2D eigenvalue weighted by Gasteiger charge is -2.05. The number of hydrogen-bond acceptors (Lipinski definition) is 7. The fraction of sp³-hybridized carbons (Fsp3) is 0.381. The van der Waals surface area contributed by atoms with Gasteiger partial charge in [-0.2, -0.15) is 0 Å². The van der Waals surface area contributed by atoms with Gasteiger partial charge in [-0.3, -0.25) is 4.79 Å². The quantitative estimate of drug-likeness (QED) is 0.352. The highest BCUT2D eigenvalue weighted by molar-refractivity contribution is 7.99. The molecule has 0 atom stereocenters. The second-order valence-electron chi connectivity index (χ2n) is 6.76. The van der Waals surface area contributed by atoms with Crippen LogP contribution in [0.2, 0.25) is 0 Å². The third kappa shape index (κ3) is 5.34. The van der Waals surface area contributed by atoms with Crippen molar-refractivity contribution in [3.05, 3.63) is 34.7 Å². The van der Waals surface area contributed by atoms with E-state index >= 15 is 0 Å². The van der Waals surface area contributed by atoms with Crippen molar-refractivity contribution >= 4 is 51.0 Å². The summed E-state index contributed by atoms with van der Waals surface area (Å²) in [7, 11) is 0. The minimum absolute atomic E-state index is 0.162. The second kappa shape index (κ2) is 9.99. The number of nitrogens with one attached hydrogen (secondary N) is 2. The van der Waals surface area contributed by atoms with Crippen LogP contribution in [0.25, 0.3) is 11.0 Å². The van der Waals surface area contributed by atoms with E-state index in [0.717, 1.165) is 21.7 Å². The average molecular weight is 448 g/mol. The van der Waals surface area contributed by atoms with Gasteiger partial charge in [-0.25, -0.2) is 9.78 Å². The molecule has 0 aliphatic carbocycles. The van der Waals surface area contributed by atoms with Crippen molar-refractivity contribution in [3.8, 4) is 5.75 Å². The summed E-state index contributed by atoms with van der Waals surface area (Å²) in [6, 6.07) is 7.44. The Hall–Kier alpha value is -2.52. The predicted octanol–water partition coefficient (Wildman–Crippen LogP) is 5.05. The van der Waals surface area contributed by atoms with Gasteiger partial charge in [0.05, 0.1) is 35.6 Å². The summed E-state index contributed by atoms with van der Waals surface area (Å²) < 4.78 is 10.6. The van der Waals surface area contributed by atoms with E-state index in [2.05, 4.69) is 15.3 Å². The summed E-state index contributed by atoms with van der Waals surface area (Å²) in [5.41, 5.74) is 2.06. The first-order valence-electron chi connectivity index (χ1n) is 9.77. The summed E-state index contributed by atoms with van der Waals surface area (Å²) in [6.07, 6.45) is 0. The SMILES string of the molecule is CCOC(=O)c1cc(C(C)C)sc1NC(=O)CSc1nc2ccc(OCC)cc2[nH]1. The molecule has 2 N–H and O–H groups in total. The third-order valence-electron chi connectivity index (χ3n) is 4.15. The van der Waals surface area contributed by atoms with Crippen LogP contribution in [-0.2, 0) is 9.53 Å². The van der Waals surface area contributed by atoms with Crippen molar-refractivity contribution < 1.29 is 19.1 Å². The second-order valence-corrected chi connectivity index (χ2v) is 8.81. The minimum Gasteiger partial charge on any atom is -0.494 e. The van der Waals surface area contributed by atoms with Crippen molar-refractivity contribution in [2.24, 2.45) is 0 Å². The largest absolute Gasteiger partial charge is 0.494 e. The Morgan fingerprint density at radius 2 is 2.03 bits per heavy atom. The molecule has 160 valence electrons. The summed E-state index contributed by atoms with van der Waals surface area (Å²) in [4.78, 5) is 33.5. The number of imidazole rings is 1. The monoisotopic (exact) mass is 447 g/mol. The fourth-order valence-corrected chi connectivity index (χ4v) is 4.48. The molecule has 0 spiro atoms. The van der Waals surface area contributed by atoms with E-state index in [4.69, 9.17) is 9.47 Å². The van der Waals surface area contributed by atoms with Crippen LogP contribution >= 0.6 is 23.1 Å². The standard InChI is InChI=1S/C21H25N3O4S2/c1-5-27-13-7-8-15-16(9-13)23-21(22-15)29-11-18(25)24-19-14(20(26)28-6-2)10-17(30-19)12(3)4/h7-10,12H,5-6,11H2,1-4H3,(H,22,23)(H,24,25).